The molecule has 173 valence electrons. The van der Waals surface area contributed by atoms with E-state index in [2.05, 4.69) is 4.90 Å². The van der Waals surface area contributed by atoms with Gasteiger partial charge in [-0.15, -0.1) is 0 Å². The molecule has 2 saturated heterocycles. The molecular formula is C25H28ClN4O3. The van der Waals surface area contributed by atoms with Crippen molar-refractivity contribution in [3.63, 3.8) is 0 Å². The molecule has 2 fully saturated rings. The van der Waals surface area contributed by atoms with Gasteiger partial charge in [-0.3, -0.25) is 14.4 Å². The number of benzene rings is 2. The molecule has 0 saturated carbocycles. The van der Waals surface area contributed by atoms with Crippen molar-refractivity contribution in [2.24, 2.45) is 5.73 Å². The molecule has 2 N–H and O–H groups in total. The Bertz CT molecular complexity index is 1030. The lowest BCUT2D eigenvalue weighted by atomic mass is 10.0. The van der Waals surface area contributed by atoms with Crippen LogP contribution in [0.1, 0.15) is 24.0 Å². The second kappa shape index (κ2) is 10.3. The molecule has 3 amide bonds. The van der Waals surface area contributed by atoms with E-state index in [0.29, 0.717) is 44.0 Å². The van der Waals surface area contributed by atoms with Crippen molar-refractivity contribution in [2.75, 3.05) is 31.1 Å². The number of anilines is 1. The highest BCUT2D eigenvalue weighted by Gasteiger charge is 2.35. The van der Waals surface area contributed by atoms with Gasteiger partial charge >= 0.3 is 0 Å². The third-order valence-electron chi connectivity index (χ3n) is 6.28. The second-order valence-corrected chi connectivity index (χ2v) is 8.91. The zero-order valence-corrected chi connectivity index (χ0v) is 19.2. The summed E-state index contributed by atoms with van der Waals surface area (Å²) in [6.07, 6.45) is 3.52. The van der Waals surface area contributed by atoms with Gasteiger partial charge in [-0.2, -0.15) is 0 Å². The standard InChI is InChI=1S/C25H28ClN4O3/c26-20-10-7-18(8-11-20)9-12-24(32)30-15-14-28(17-22(30)25(27)33)21-5-2-1-4-19(21)16-29-13-3-6-23(29)31/h1-2,4-5,7-8,10-12,22H,3,6,9,13-17H2,(H2,27,33). The number of para-hydroxylation sites is 1. The molecule has 0 bridgehead atoms. The molecule has 8 heteroatoms. The predicted octanol–water partition coefficient (Wildman–Crippen LogP) is 2.41. The molecular weight excluding hydrogens is 440 g/mol. The van der Waals surface area contributed by atoms with E-state index in [1.165, 1.54) is 0 Å². The summed E-state index contributed by atoms with van der Waals surface area (Å²) in [6.45, 7) is 2.60. The minimum absolute atomic E-state index is 0.173. The lowest BCUT2D eigenvalue weighted by Gasteiger charge is -2.41. The monoisotopic (exact) mass is 467 g/mol. The first-order valence-electron chi connectivity index (χ1n) is 11.2. The van der Waals surface area contributed by atoms with Crippen molar-refractivity contribution in [3.05, 3.63) is 71.1 Å². The van der Waals surface area contributed by atoms with Gasteiger partial charge in [0.1, 0.15) is 6.04 Å². The fourth-order valence-corrected chi connectivity index (χ4v) is 4.61. The number of likely N-dealkylation sites (tertiary alicyclic amines) is 1. The van der Waals surface area contributed by atoms with Crippen molar-refractivity contribution < 1.29 is 14.4 Å². The van der Waals surface area contributed by atoms with Crippen molar-refractivity contribution >= 4 is 35.0 Å². The van der Waals surface area contributed by atoms with Gasteiger partial charge in [0.15, 0.2) is 0 Å². The number of primary amides is 1. The van der Waals surface area contributed by atoms with Crippen LogP contribution in [0.25, 0.3) is 0 Å². The molecule has 2 aromatic carbocycles. The number of nitrogens with zero attached hydrogens (tertiary/aromatic N) is 3. The maximum atomic E-state index is 12.9. The Morgan fingerprint density at radius 2 is 1.82 bits per heavy atom. The van der Waals surface area contributed by atoms with Gasteiger partial charge in [-0.25, -0.2) is 0 Å². The highest BCUT2D eigenvalue weighted by atomic mass is 35.5. The third kappa shape index (κ3) is 5.47. The van der Waals surface area contributed by atoms with E-state index in [0.717, 1.165) is 29.8 Å². The zero-order valence-electron chi connectivity index (χ0n) is 18.5. The molecule has 2 aromatic rings. The quantitative estimate of drug-likeness (QED) is 0.677. The van der Waals surface area contributed by atoms with Crippen molar-refractivity contribution in [1.29, 1.82) is 0 Å². The Kier molecular flexibility index (Phi) is 7.18. The van der Waals surface area contributed by atoms with Crippen LogP contribution < -0.4 is 10.6 Å². The maximum Gasteiger partial charge on any atom is 0.242 e. The van der Waals surface area contributed by atoms with Gasteiger partial charge in [0.25, 0.3) is 0 Å². The molecule has 0 spiro atoms. The van der Waals surface area contributed by atoms with Gasteiger partial charge < -0.3 is 20.4 Å². The maximum absolute atomic E-state index is 12.9. The van der Waals surface area contributed by atoms with E-state index in [1.807, 2.05) is 41.3 Å². The van der Waals surface area contributed by atoms with Gasteiger partial charge in [0, 0.05) is 49.9 Å². The molecule has 2 heterocycles. The second-order valence-electron chi connectivity index (χ2n) is 8.48. The van der Waals surface area contributed by atoms with E-state index >= 15 is 0 Å². The SMILES string of the molecule is NC(=O)C1CN(c2ccccc2CN2CCCC2=O)CCN1C(=O)[CH]Cc1ccc(Cl)cc1. The van der Waals surface area contributed by atoms with E-state index in [-0.39, 0.29) is 11.8 Å². The molecule has 7 nitrogen and oxygen atoms in total. The van der Waals surface area contributed by atoms with Crippen LogP contribution >= 0.6 is 11.6 Å². The first-order chi connectivity index (χ1) is 15.9. The first-order valence-corrected chi connectivity index (χ1v) is 11.6. The molecule has 1 radical (unpaired) electrons. The molecule has 33 heavy (non-hydrogen) atoms. The lowest BCUT2D eigenvalue weighted by molar-refractivity contribution is -0.137. The molecule has 1 unspecified atom stereocenters. The Balaban J connectivity index is 1.44. The number of hydrogen-bond acceptors (Lipinski definition) is 4. The van der Waals surface area contributed by atoms with Crippen LogP contribution in [-0.4, -0.2) is 59.7 Å². The summed E-state index contributed by atoms with van der Waals surface area (Å²) in [5.41, 5.74) is 8.68. The first kappa shape index (κ1) is 23.1. The summed E-state index contributed by atoms with van der Waals surface area (Å²) in [4.78, 5) is 42.8. The number of carbonyl (C=O) groups excluding carboxylic acids is 3. The normalized spacial score (nSPS) is 18.6. The molecule has 4 rings (SSSR count). The summed E-state index contributed by atoms with van der Waals surface area (Å²) in [5.74, 6) is -0.559. The summed E-state index contributed by atoms with van der Waals surface area (Å²) >= 11 is 5.92. The minimum atomic E-state index is -0.728. The van der Waals surface area contributed by atoms with Crippen molar-refractivity contribution in [2.45, 2.75) is 31.8 Å². The highest BCUT2D eigenvalue weighted by molar-refractivity contribution is 6.30. The van der Waals surface area contributed by atoms with E-state index in [1.54, 1.807) is 23.5 Å². The lowest BCUT2D eigenvalue weighted by Crippen LogP contribution is -2.60. The summed E-state index contributed by atoms with van der Waals surface area (Å²) in [6, 6.07) is 14.5. The fraction of sp³-hybridized carbons (Fsp3) is 0.360. The van der Waals surface area contributed by atoms with Crippen LogP contribution in [0.5, 0.6) is 0 Å². The average molecular weight is 468 g/mol. The number of hydrogen-bond donors (Lipinski definition) is 1. The molecule has 0 aromatic heterocycles. The highest BCUT2D eigenvalue weighted by Crippen LogP contribution is 2.27. The average Bonchev–Trinajstić information content (AvgIpc) is 3.22. The Morgan fingerprint density at radius 3 is 2.52 bits per heavy atom. The number of piperazine rings is 1. The summed E-state index contributed by atoms with van der Waals surface area (Å²) < 4.78 is 0. The largest absolute Gasteiger partial charge is 0.368 e. The number of amides is 3. The number of halogens is 1. The molecule has 0 aliphatic carbocycles. The smallest absolute Gasteiger partial charge is 0.242 e. The van der Waals surface area contributed by atoms with Crippen LogP contribution in [0.15, 0.2) is 48.5 Å². The van der Waals surface area contributed by atoms with Crippen LogP contribution in [0.4, 0.5) is 5.69 Å². The topological polar surface area (TPSA) is 87.0 Å². The fourth-order valence-electron chi connectivity index (χ4n) is 4.48. The number of nitrogens with two attached hydrogens (primary N) is 1. The van der Waals surface area contributed by atoms with Crippen molar-refractivity contribution in [3.8, 4) is 0 Å². The Hall–Kier alpha value is -3.06. The van der Waals surface area contributed by atoms with Crippen LogP contribution in [0.2, 0.25) is 5.02 Å². The van der Waals surface area contributed by atoms with Gasteiger partial charge in [0.2, 0.25) is 17.7 Å². The van der Waals surface area contributed by atoms with E-state index < -0.39 is 11.9 Å². The van der Waals surface area contributed by atoms with Gasteiger partial charge in [-0.05, 0) is 42.2 Å². The van der Waals surface area contributed by atoms with Crippen LogP contribution in [-0.2, 0) is 27.3 Å². The van der Waals surface area contributed by atoms with E-state index in [4.69, 9.17) is 17.3 Å². The summed E-state index contributed by atoms with van der Waals surface area (Å²) in [5, 5.41) is 0.643. The van der Waals surface area contributed by atoms with Crippen molar-refractivity contribution in [1.82, 2.24) is 9.80 Å². The predicted molar refractivity (Wildman–Crippen MR) is 127 cm³/mol. The molecule has 1 atom stereocenters. The minimum Gasteiger partial charge on any atom is -0.368 e. The van der Waals surface area contributed by atoms with Crippen LogP contribution in [0, 0.1) is 6.42 Å². The van der Waals surface area contributed by atoms with E-state index in [9.17, 15) is 14.4 Å². The number of carbonyl (C=O) groups is 3. The zero-order chi connectivity index (χ0) is 23.4. The third-order valence-corrected chi connectivity index (χ3v) is 6.53. The Labute approximate surface area is 199 Å². The van der Waals surface area contributed by atoms with Crippen LogP contribution in [0.3, 0.4) is 0 Å². The summed E-state index contributed by atoms with van der Waals surface area (Å²) in [7, 11) is 0. The molecule has 2 aliphatic heterocycles. The number of rotatable bonds is 7. The molecule has 2 aliphatic rings. The van der Waals surface area contributed by atoms with Gasteiger partial charge in [0.05, 0.1) is 6.42 Å². The Morgan fingerprint density at radius 1 is 1.06 bits per heavy atom. The van der Waals surface area contributed by atoms with Gasteiger partial charge in [-0.1, -0.05) is 41.9 Å².